The zero-order chi connectivity index (χ0) is 16.1. The van der Waals surface area contributed by atoms with Crippen molar-refractivity contribution in [3.63, 3.8) is 0 Å². The Morgan fingerprint density at radius 3 is 2.74 bits per heavy atom. The van der Waals surface area contributed by atoms with Gasteiger partial charge in [-0.2, -0.15) is 0 Å². The van der Waals surface area contributed by atoms with Crippen LogP contribution in [-0.4, -0.2) is 32.2 Å². The maximum atomic E-state index is 12.2. The van der Waals surface area contributed by atoms with Crippen LogP contribution in [0.3, 0.4) is 0 Å². The van der Waals surface area contributed by atoms with Crippen LogP contribution in [0.1, 0.15) is 4.88 Å². The molecule has 1 saturated heterocycles. The summed E-state index contributed by atoms with van der Waals surface area (Å²) < 4.78 is 6.09. The van der Waals surface area contributed by atoms with Crippen molar-refractivity contribution in [1.29, 1.82) is 0 Å². The molecule has 6 heteroatoms. The molecule has 0 saturated carbocycles. The Kier molecular flexibility index (Phi) is 5.33. The van der Waals surface area contributed by atoms with Crippen LogP contribution >= 0.6 is 22.9 Å². The third kappa shape index (κ3) is 4.34. The maximum absolute atomic E-state index is 12.2. The van der Waals surface area contributed by atoms with Crippen LogP contribution in [0.4, 0.5) is 11.4 Å². The van der Waals surface area contributed by atoms with Gasteiger partial charge in [-0.1, -0.05) is 23.7 Å². The van der Waals surface area contributed by atoms with Gasteiger partial charge in [-0.3, -0.25) is 4.79 Å². The number of rotatable bonds is 4. The van der Waals surface area contributed by atoms with Gasteiger partial charge in [0.1, 0.15) is 0 Å². The van der Waals surface area contributed by atoms with E-state index in [1.165, 1.54) is 17.4 Å². The number of carbonyl (C=O) groups excluding carboxylic acids is 1. The lowest BCUT2D eigenvalue weighted by Crippen LogP contribution is -2.36. The molecule has 2 heterocycles. The Morgan fingerprint density at radius 2 is 2.00 bits per heavy atom. The molecule has 1 N–H and O–H groups in total. The number of carbonyl (C=O) groups is 1. The number of benzene rings is 1. The third-order valence-electron chi connectivity index (χ3n) is 3.51. The van der Waals surface area contributed by atoms with Crippen molar-refractivity contribution in [2.24, 2.45) is 0 Å². The van der Waals surface area contributed by atoms with Gasteiger partial charge in [0.05, 0.1) is 28.9 Å². The van der Waals surface area contributed by atoms with Gasteiger partial charge < -0.3 is 15.0 Å². The van der Waals surface area contributed by atoms with Crippen molar-refractivity contribution in [3.05, 3.63) is 51.7 Å². The summed E-state index contributed by atoms with van der Waals surface area (Å²) in [6.07, 6.45) is 3.29. The minimum absolute atomic E-state index is 0.157. The summed E-state index contributed by atoms with van der Waals surface area (Å²) in [5.41, 5.74) is 1.84. The van der Waals surface area contributed by atoms with Gasteiger partial charge in [0.2, 0.25) is 5.91 Å². The van der Waals surface area contributed by atoms with E-state index in [4.69, 9.17) is 16.3 Å². The van der Waals surface area contributed by atoms with Crippen LogP contribution in [0.15, 0.2) is 42.5 Å². The van der Waals surface area contributed by atoms with Crippen LogP contribution in [0.5, 0.6) is 0 Å². The molecule has 1 aliphatic rings. The molecule has 2 aromatic rings. The van der Waals surface area contributed by atoms with Crippen LogP contribution in [-0.2, 0) is 9.53 Å². The predicted molar refractivity (Wildman–Crippen MR) is 96.5 cm³/mol. The van der Waals surface area contributed by atoms with E-state index >= 15 is 0 Å². The van der Waals surface area contributed by atoms with Crippen molar-refractivity contribution in [1.82, 2.24) is 0 Å². The number of hydrogen-bond acceptors (Lipinski definition) is 4. The van der Waals surface area contributed by atoms with E-state index < -0.39 is 0 Å². The lowest BCUT2D eigenvalue weighted by molar-refractivity contribution is -0.111. The summed E-state index contributed by atoms with van der Waals surface area (Å²) in [4.78, 5) is 15.3. The van der Waals surface area contributed by atoms with Crippen LogP contribution in [0.2, 0.25) is 4.34 Å². The number of nitrogens with zero attached hydrogens (tertiary/aromatic N) is 1. The summed E-state index contributed by atoms with van der Waals surface area (Å²) in [5.74, 6) is -0.157. The number of thiophene rings is 1. The second kappa shape index (κ2) is 7.64. The largest absolute Gasteiger partial charge is 0.378 e. The van der Waals surface area contributed by atoms with Crippen molar-refractivity contribution >= 4 is 46.3 Å². The molecule has 1 aliphatic heterocycles. The molecule has 23 heavy (non-hydrogen) atoms. The molecule has 4 nitrogen and oxygen atoms in total. The molecule has 0 aliphatic carbocycles. The first-order valence-corrected chi connectivity index (χ1v) is 8.58. The first kappa shape index (κ1) is 16.1. The third-order valence-corrected chi connectivity index (χ3v) is 4.70. The molecule has 1 amide bonds. The molecule has 0 spiro atoms. The molecule has 0 bridgehead atoms. The quantitative estimate of drug-likeness (QED) is 0.852. The zero-order valence-electron chi connectivity index (χ0n) is 12.5. The fourth-order valence-corrected chi connectivity index (χ4v) is 3.37. The van der Waals surface area contributed by atoms with E-state index in [0.717, 1.165) is 29.3 Å². The minimum atomic E-state index is -0.157. The number of amides is 1. The first-order valence-electron chi connectivity index (χ1n) is 7.38. The van der Waals surface area contributed by atoms with Crippen LogP contribution < -0.4 is 10.2 Å². The number of halogens is 1. The highest BCUT2D eigenvalue weighted by molar-refractivity contribution is 7.17. The molecular weight excluding hydrogens is 332 g/mol. The highest BCUT2D eigenvalue weighted by Crippen LogP contribution is 2.26. The minimum Gasteiger partial charge on any atom is -0.378 e. The highest BCUT2D eigenvalue weighted by Gasteiger charge is 2.15. The highest BCUT2D eigenvalue weighted by atomic mass is 35.5. The molecule has 1 fully saturated rings. The number of anilines is 2. The van der Waals surface area contributed by atoms with E-state index in [1.54, 1.807) is 6.08 Å². The Labute approximate surface area is 144 Å². The fourth-order valence-electron chi connectivity index (χ4n) is 2.41. The zero-order valence-corrected chi connectivity index (χ0v) is 14.1. The van der Waals surface area contributed by atoms with Crippen LogP contribution in [0.25, 0.3) is 6.08 Å². The summed E-state index contributed by atoms with van der Waals surface area (Å²) in [6.45, 7) is 3.08. The van der Waals surface area contributed by atoms with E-state index in [2.05, 4.69) is 10.2 Å². The average molecular weight is 349 g/mol. The van der Waals surface area contributed by atoms with Crippen LogP contribution in [0, 0.1) is 0 Å². The standard InChI is InChI=1S/C17H17ClN2O2S/c18-16-7-5-13(23-16)6-8-17(21)19-14-3-1-2-4-15(14)20-9-11-22-12-10-20/h1-8H,9-12H2,(H,19,21)/b8-6+. The second-order valence-electron chi connectivity index (χ2n) is 5.08. The molecule has 0 atom stereocenters. The summed E-state index contributed by atoms with van der Waals surface area (Å²) >= 11 is 7.32. The van der Waals surface area contributed by atoms with Crippen molar-refractivity contribution < 1.29 is 9.53 Å². The van der Waals surface area contributed by atoms with E-state index in [0.29, 0.717) is 17.6 Å². The van der Waals surface area contributed by atoms with E-state index in [9.17, 15) is 4.79 Å². The fraction of sp³-hybridized carbons (Fsp3) is 0.235. The summed E-state index contributed by atoms with van der Waals surface area (Å²) in [6, 6.07) is 11.5. The summed E-state index contributed by atoms with van der Waals surface area (Å²) in [7, 11) is 0. The first-order chi connectivity index (χ1) is 11.2. The van der Waals surface area contributed by atoms with E-state index in [1.807, 2.05) is 36.4 Å². The van der Waals surface area contributed by atoms with Gasteiger partial charge >= 0.3 is 0 Å². The van der Waals surface area contributed by atoms with Crippen molar-refractivity contribution in [2.75, 3.05) is 36.5 Å². The Morgan fingerprint density at radius 1 is 1.22 bits per heavy atom. The van der Waals surface area contributed by atoms with Crippen molar-refractivity contribution in [2.45, 2.75) is 0 Å². The molecular formula is C17H17ClN2O2S. The molecule has 1 aromatic carbocycles. The smallest absolute Gasteiger partial charge is 0.248 e. The van der Waals surface area contributed by atoms with E-state index in [-0.39, 0.29) is 5.91 Å². The van der Waals surface area contributed by atoms with Gasteiger partial charge in [0.15, 0.2) is 0 Å². The summed E-state index contributed by atoms with van der Waals surface area (Å²) in [5, 5.41) is 2.95. The monoisotopic (exact) mass is 348 g/mol. The number of para-hydroxylation sites is 2. The SMILES string of the molecule is O=C(/C=C/c1ccc(Cl)s1)Nc1ccccc1N1CCOCC1. The average Bonchev–Trinajstić information content (AvgIpc) is 3.00. The number of nitrogens with one attached hydrogen (secondary N) is 1. The van der Waals surface area contributed by atoms with Crippen molar-refractivity contribution in [3.8, 4) is 0 Å². The lowest BCUT2D eigenvalue weighted by atomic mass is 10.2. The van der Waals surface area contributed by atoms with Gasteiger partial charge in [0, 0.05) is 24.0 Å². The lowest BCUT2D eigenvalue weighted by Gasteiger charge is -2.30. The molecule has 120 valence electrons. The molecule has 3 rings (SSSR count). The molecule has 0 unspecified atom stereocenters. The van der Waals surface area contributed by atoms with Gasteiger partial charge in [-0.15, -0.1) is 11.3 Å². The Balaban J connectivity index is 1.69. The predicted octanol–water partition coefficient (Wildman–Crippen LogP) is 3.89. The van der Waals surface area contributed by atoms with Gasteiger partial charge in [0.25, 0.3) is 0 Å². The topological polar surface area (TPSA) is 41.6 Å². The van der Waals surface area contributed by atoms with Gasteiger partial charge in [-0.05, 0) is 30.3 Å². The normalized spacial score (nSPS) is 15.1. The maximum Gasteiger partial charge on any atom is 0.248 e. The molecule has 0 radical (unpaired) electrons. The van der Waals surface area contributed by atoms with Gasteiger partial charge in [-0.25, -0.2) is 0 Å². The Bertz CT molecular complexity index is 708. The molecule has 1 aromatic heterocycles. The second-order valence-corrected chi connectivity index (χ2v) is 6.83. The number of hydrogen-bond donors (Lipinski definition) is 1. The Hall–Kier alpha value is -1.82. The number of ether oxygens (including phenoxy) is 1. The number of morpholine rings is 1.